The first-order valence-electron chi connectivity index (χ1n) is 5.92. The SMILES string of the molecule is CCOC(=O)c1sc2nc(SCC(=O)O)nc(Cl)c2c1C. The Balaban J connectivity index is 2.45. The molecule has 112 valence electrons. The molecule has 0 bridgehead atoms. The first kappa shape index (κ1) is 16.0. The predicted octanol–water partition coefficient (Wildman–Crippen LogP) is 3.01. The van der Waals surface area contributed by atoms with Gasteiger partial charge in [-0.15, -0.1) is 11.3 Å². The van der Waals surface area contributed by atoms with Crippen LogP contribution >= 0.6 is 34.7 Å². The van der Waals surface area contributed by atoms with Crippen molar-refractivity contribution in [2.24, 2.45) is 0 Å². The molecule has 0 unspecified atom stereocenters. The molecule has 0 spiro atoms. The Hall–Kier alpha value is -1.38. The van der Waals surface area contributed by atoms with Crippen LogP contribution in [0.3, 0.4) is 0 Å². The van der Waals surface area contributed by atoms with Crippen LogP contribution in [-0.2, 0) is 9.53 Å². The van der Waals surface area contributed by atoms with E-state index in [9.17, 15) is 9.59 Å². The van der Waals surface area contributed by atoms with E-state index in [1.807, 2.05) is 0 Å². The summed E-state index contributed by atoms with van der Waals surface area (Å²) >= 11 is 8.26. The third-order valence-corrected chi connectivity index (χ3v) is 4.78. The molecule has 0 amide bonds. The fraction of sp³-hybridized carbons (Fsp3) is 0.333. The van der Waals surface area contributed by atoms with Gasteiger partial charge in [0.1, 0.15) is 14.9 Å². The zero-order valence-corrected chi connectivity index (χ0v) is 13.6. The molecule has 0 aliphatic carbocycles. The fourth-order valence-electron chi connectivity index (χ4n) is 1.65. The summed E-state index contributed by atoms with van der Waals surface area (Å²) in [5.41, 5.74) is 0.674. The molecule has 0 aromatic carbocycles. The molecule has 2 rings (SSSR count). The number of ether oxygens (including phenoxy) is 1. The van der Waals surface area contributed by atoms with E-state index >= 15 is 0 Å². The number of rotatable bonds is 5. The quantitative estimate of drug-likeness (QED) is 0.385. The molecule has 21 heavy (non-hydrogen) atoms. The minimum atomic E-state index is -0.964. The Morgan fingerprint density at radius 1 is 1.43 bits per heavy atom. The minimum absolute atomic E-state index is 0.156. The van der Waals surface area contributed by atoms with Crippen LogP contribution in [0.1, 0.15) is 22.2 Å². The number of thioether (sulfide) groups is 1. The summed E-state index contributed by atoms with van der Waals surface area (Å²) in [6.07, 6.45) is 0. The van der Waals surface area contributed by atoms with Gasteiger partial charge in [-0.25, -0.2) is 14.8 Å². The summed E-state index contributed by atoms with van der Waals surface area (Å²) in [6.45, 7) is 3.77. The van der Waals surface area contributed by atoms with Crippen LogP contribution in [0.2, 0.25) is 5.15 Å². The lowest BCUT2D eigenvalue weighted by Crippen LogP contribution is -2.03. The largest absolute Gasteiger partial charge is 0.481 e. The van der Waals surface area contributed by atoms with Crippen molar-refractivity contribution >= 4 is 56.9 Å². The molecule has 2 heterocycles. The molecular formula is C12H11ClN2O4S2. The van der Waals surface area contributed by atoms with Crippen LogP contribution in [0.4, 0.5) is 0 Å². The topological polar surface area (TPSA) is 89.4 Å². The lowest BCUT2D eigenvalue weighted by Gasteiger charge is -2.00. The highest BCUT2D eigenvalue weighted by molar-refractivity contribution is 7.99. The van der Waals surface area contributed by atoms with E-state index in [0.29, 0.717) is 20.7 Å². The van der Waals surface area contributed by atoms with Crippen LogP contribution in [0, 0.1) is 6.92 Å². The lowest BCUT2D eigenvalue weighted by atomic mass is 10.2. The number of esters is 1. The second kappa shape index (κ2) is 6.59. The first-order valence-corrected chi connectivity index (χ1v) is 8.10. The first-order chi connectivity index (χ1) is 9.93. The van der Waals surface area contributed by atoms with E-state index in [0.717, 1.165) is 23.1 Å². The zero-order chi connectivity index (χ0) is 15.6. The van der Waals surface area contributed by atoms with Crippen molar-refractivity contribution in [3.8, 4) is 0 Å². The van der Waals surface area contributed by atoms with E-state index in [1.165, 1.54) is 0 Å². The summed E-state index contributed by atoms with van der Waals surface area (Å²) in [7, 11) is 0. The molecule has 0 aliphatic heterocycles. The molecule has 0 radical (unpaired) electrons. The van der Waals surface area contributed by atoms with E-state index in [4.69, 9.17) is 21.4 Å². The highest BCUT2D eigenvalue weighted by Crippen LogP contribution is 2.35. The standard InChI is InChI=1S/C12H11ClN2O4S2/c1-3-19-11(18)8-5(2)7-9(13)14-12(15-10(7)21-8)20-4-6(16)17/h3-4H2,1-2H3,(H,16,17). The fourth-order valence-corrected chi connectivity index (χ4v) is 3.77. The molecule has 2 aromatic heterocycles. The molecule has 2 aromatic rings. The maximum Gasteiger partial charge on any atom is 0.348 e. The Kier molecular flexibility index (Phi) is 5.02. The van der Waals surface area contributed by atoms with Crippen molar-refractivity contribution in [1.82, 2.24) is 9.97 Å². The zero-order valence-electron chi connectivity index (χ0n) is 11.2. The van der Waals surface area contributed by atoms with E-state index in [1.54, 1.807) is 13.8 Å². The Morgan fingerprint density at radius 3 is 2.76 bits per heavy atom. The van der Waals surface area contributed by atoms with Crippen molar-refractivity contribution in [3.63, 3.8) is 0 Å². The maximum atomic E-state index is 11.9. The molecule has 1 N–H and O–H groups in total. The molecule has 0 atom stereocenters. The number of carboxylic acids is 1. The lowest BCUT2D eigenvalue weighted by molar-refractivity contribution is -0.133. The van der Waals surface area contributed by atoms with Gasteiger partial charge in [-0.3, -0.25) is 4.79 Å². The molecule has 0 fully saturated rings. The van der Waals surface area contributed by atoms with Gasteiger partial charge in [0.2, 0.25) is 0 Å². The molecule has 6 nitrogen and oxygen atoms in total. The smallest absolute Gasteiger partial charge is 0.348 e. The van der Waals surface area contributed by atoms with Gasteiger partial charge in [0.25, 0.3) is 0 Å². The number of fused-ring (bicyclic) bond motifs is 1. The molecule has 0 saturated carbocycles. The van der Waals surface area contributed by atoms with Gasteiger partial charge in [-0.1, -0.05) is 23.4 Å². The number of aliphatic carboxylic acids is 1. The third-order valence-electron chi connectivity index (χ3n) is 2.51. The summed E-state index contributed by atoms with van der Waals surface area (Å²) in [5.74, 6) is -1.54. The average Bonchev–Trinajstić information content (AvgIpc) is 2.74. The van der Waals surface area contributed by atoms with Crippen molar-refractivity contribution in [1.29, 1.82) is 0 Å². The van der Waals surface area contributed by atoms with Gasteiger partial charge in [0.15, 0.2) is 5.16 Å². The number of hydrogen-bond donors (Lipinski definition) is 1. The van der Waals surface area contributed by atoms with E-state index < -0.39 is 11.9 Å². The highest BCUT2D eigenvalue weighted by atomic mass is 35.5. The second-order valence-electron chi connectivity index (χ2n) is 3.94. The number of carbonyl (C=O) groups excluding carboxylic acids is 1. The summed E-state index contributed by atoms with van der Waals surface area (Å²) in [5, 5.41) is 9.75. The van der Waals surface area contributed by atoms with Crippen LogP contribution in [0.5, 0.6) is 0 Å². The van der Waals surface area contributed by atoms with Crippen LogP contribution < -0.4 is 0 Å². The molecule has 0 saturated heterocycles. The molecular weight excluding hydrogens is 336 g/mol. The predicted molar refractivity (Wildman–Crippen MR) is 81.5 cm³/mol. The van der Waals surface area contributed by atoms with E-state index in [2.05, 4.69) is 9.97 Å². The highest BCUT2D eigenvalue weighted by Gasteiger charge is 2.21. The number of halogens is 1. The van der Waals surface area contributed by atoms with Gasteiger partial charge in [-0.2, -0.15) is 0 Å². The summed E-state index contributed by atoms with van der Waals surface area (Å²) in [4.78, 5) is 31.7. The van der Waals surface area contributed by atoms with Gasteiger partial charge in [-0.05, 0) is 19.4 Å². The second-order valence-corrected chi connectivity index (χ2v) is 6.24. The Bertz CT molecular complexity index is 717. The number of aromatic nitrogens is 2. The molecule has 9 heteroatoms. The third kappa shape index (κ3) is 3.45. The van der Waals surface area contributed by atoms with E-state index in [-0.39, 0.29) is 22.7 Å². The van der Waals surface area contributed by atoms with Crippen LogP contribution in [-0.4, -0.2) is 39.4 Å². The van der Waals surface area contributed by atoms with Crippen molar-refractivity contribution < 1.29 is 19.4 Å². The van der Waals surface area contributed by atoms with Crippen molar-refractivity contribution in [2.45, 2.75) is 19.0 Å². The van der Waals surface area contributed by atoms with Crippen LogP contribution in [0.15, 0.2) is 5.16 Å². The number of hydrogen-bond acceptors (Lipinski definition) is 7. The van der Waals surface area contributed by atoms with Crippen molar-refractivity contribution in [2.75, 3.05) is 12.4 Å². The Morgan fingerprint density at radius 2 is 2.14 bits per heavy atom. The molecule has 0 aliphatic rings. The van der Waals surface area contributed by atoms with Crippen LogP contribution in [0.25, 0.3) is 10.2 Å². The number of thiophene rings is 1. The minimum Gasteiger partial charge on any atom is -0.481 e. The van der Waals surface area contributed by atoms with Gasteiger partial charge < -0.3 is 9.84 Å². The summed E-state index contributed by atoms with van der Waals surface area (Å²) < 4.78 is 4.98. The Labute approximate surface area is 133 Å². The normalized spacial score (nSPS) is 10.8. The average molecular weight is 347 g/mol. The summed E-state index contributed by atoms with van der Waals surface area (Å²) in [6, 6.07) is 0. The van der Waals surface area contributed by atoms with Gasteiger partial charge >= 0.3 is 11.9 Å². The van der Waals surface area contributed by atoms with Crippen molar-refractivity contribution in [3.05, 3.63) is 15.6 Å². The number of carbonyl (C=O) groups is 2. The number of nitrogens with zero attached hydrogens (tertiary/aromatic N) is 2. The number of carboxylic acid groups (broad SMARTS) is 1. The van der Waals surface area contributed by atoms with Gasteiger partial charge in [0.05, 0.1) is 17.7 Å². The number of aryl methyl sites for hydroxylation is 1. The monoisotopic (exact) mass is 346 g/mol. The van der Waals surface area contributed by atoms with Gasteiger partial charge in [0, 0.05) is 0 Å². The maximum absolute atomic E-state index is 11.9.